The molecule has 0 radical (unpaired) electrons. The van der Waals surface area contributed by atoms with E-state index in [1.807, 2.05) is 7.05 Å². The molecule has 0 spiro atoms. The maximum atomic E-state index is 11.8. The summed E-state index contributed by atoms with van der Waals surface area (Å²) in [4.78, 5) is 13.9. The molecule has 0 amide bonds. The molecule has 0 aliphatic heterocycles. The summed E-state index contributed by atoms with van der Waals surface area (Å²) >= 11 is 0. The average Bonchev–Trinajstić information content (AvgIpc) is 3.18. The summed E-state index contributed by atoms with van der Waals surface area (Å²) in [5.74, 6) is -0.464. The predicted molar refractivity (Wildman–Crippen MR) is 75.4 cm³/mol. The van der Waals surface area contributed by atoms with Crippen molar-refractivity contribution in [2.75, 3.05) is 33.9 Å². The van der Waals surface area contributed by atoms with Crippen molar-refractivity contribution >= 4 is 5.97 Å². The Morgan fingerprint density at radius 2 is 2.21 bits per heavy atom. The molecule has 0 aromatic carbocycles. The normalized spacial score (nSPS) is 20.3. The molecule has 0 aromatic rings. The van der Waals surface area contributed by atoms with E-state index in [9.17, 15) is 9.90 Å². The Labute approximate surface area is 116 Å². The third kappa shape index (κ3) is 4.16. The van der Waals surface area contributed by atoms with E-state index < -0.39 is 11.5 Å². The molecule has 2 atom stereocenters. The number of hydrogen-bond acceptors (Lipinski definition) is 4. The number of methoxy groups -OCH3 is 1. The number of aliphatic carboxylic acids is 1. The summed E-state index contributed by atoms with van der Waals surface area (Å²) in [6, 6.07) is 0.214. The number of nitrogens with one attached hydrogen (secondary N) is 1. The van der Waals surface area contributed by atoms with Crippen LogP contribution in [0.4, 0.5) is 0 Å². The number of carboxylic acid groups (broad SMARTS) is 1. The lowest BCUT2D eigenvalue weighted by atomic mass is 9.91. The van der Waals surface area contributed by atoms with Gasteiger partial charge in [-0.05, 0) is 45.7 Å². The number of ether oxygens (including phenoxy) is 1. The SMILES string of the molecule is CCCNC(CN(C)C(C)COC)(C(=O)O)C1CC1. The topological polar surface area (TPSA) is 61.8 Å². The first kappa shape index (κ1) is 16.4. The third-order valence-corrected chi connectivity index (χ3v) is 4.01. The molecule has 1 rings (SSSR count). The zero-order chi connectivity index (χ0) is 14.5. The van der Waals surface area contributed by atoms with Crippen LogP contribution in [0.1, 0.15) is 33.1 Å². The number of nitrogens with zero attached hydrogens (tertiary/aromatic N) is 1. The molecule has 2 unspecified atom stereocenters. The molecule has 1 fully saturated rings. The molecule has 19 heavy (non-hydrogen) atoms. The third-order valence-electron chi connectivity index (χ3n) is 4.01. The fourth-order valence-electron chi connectivity index (χ4n) is 2.49. The largest absolute Gasteiger partial charge is 0.480 e. The van der Waals surface area contributed by atoms with Crippen molar-refractivity contribution in [3.63, 3.8) is 0 Å². The number of carbonyl (C=O) groups is 1. The Morgan fingerprint density at radius 3 is 2.63 bits per heavy atom. The van der Waals surface area contributed by atoms with E-state index in [2.05, 4.69) is 24.1 Å². The monoisotopic (exact) mass is 272 g/mol. The van der Waals surface area contributed by atoms with Gasteiger partial charge in [-0.2, -0.15) is 0 Å². The van der Waals surface area contributed by atoms with Crippen LogP contribution in [-0.2, 0) is 9.53 Å². The molecule has 1 saturated carbocycles. The van der Waals surface area contributed by atoms with Gasteiger partial charge >= 0.3 is 5.97 Å². The van der Waals surface area contributed by atoms with E-state index in [1.54, 1.807) is 7.11 Å². The summed E-state index contributed by atoms with van der Waals surface area (Å²) in [6.07, 6.45) is 2.96. The van der Waals surface area contributed by atoms with Crippen LogP contribution < -0.4 is 5.32 Å². The average molecular weight is 272 g/mol. The minimum atomic E-state index is -0.799. The molecule has 1 aliphatic rings. The number of rotatable bonds is 10. The van der Waals surface area contributed by atoms with E-state index in [0.717, 1.165) is 25.8 Å². The summed E-state index contributed by atoms with van der Waals surface area (Å²) in [6.45, 7) is 6.00. The van der Waals surface area contributed by atoms with Gasteiger partial charge in [-0.25, -0.2) is 0 Å². The van der Waals surface area contributed by atoms with E-state index in [4.69, 9.17) is 4.74 Å². The Kier molecular flexibility index (Phi) is 6.23. The van der Waals surface area contributed by atoms with E-state index in [1.165, 1.54) is 0 Å². The van der Waals surface area contributed by atoms with Gasteiger partial charge in [0.25, 0.3) is 0 Å². The van der Waals surface area contributed by atoms with Crippen LogP contribution >= 0.6 is 0 Å². The lowest BCUT2D eigenvalue weighted by Crippen LogP contribution is -2.61. The molecule has 5 nitrogen and oxygen atoms in total. The molecule has 0 heterocycles. The second kappa shape index (κ2) is 7.22. The Balaban J connectivity index is 2.75. The number of carboxylic acids is 1. The van der Waals surface area contributed by atoms with Crippen LogP contribution in [0.25, 0.3) is 0 Å². The van der Waals surface area contributed by atoms with Gasteiger partial charge in [-0.3, -0.25) is 9.69 Å². The predicted octanol–water partition coefficient (Wildman–Crippen LogP) is 1.19. The molecule has 5 heteroatoms. The first-order valence-corrected chi connectivity index (χ1v) is 7.15. The molecular formula is C14H28N2O3. The summed E-state index contributed by atoms with van der Waals surface area (Å²) in [5, 5.41) is 13.0. The second-order valence-corrected chi connectivity index (χ2v) is 5.70. The minimum absolute atomic E-state index is 0.214. The van der Waals surface area contributed by atoms with Crippen molar-refractivity contribution in [2.45, 2.75) is 44.7 Å². The van der Waals surface area contributed by atoms with Gasteiger partial charge in [-0.1, -0.05) is 6.92 Å². The molecular weight excluding hydrogens is 244 g/mol. The minimum Gasteiger partial charge on any atom is -0.480 e. The van der Waals surface area contributed by atoms with Crippen LogP contribution in [0.2, 0.25) is 0 Å². The van der Waals surface area contributed by atoms with Gasteiger partial charge < -0.3 is 15.2 Å². The van der Waals surface area contributed by atoms with Crippen LogP contribution in [0.3, 0.4) is 0 Å². The number of hydrogen-bond donors (Lipinski definition) is 2. The Bertz CT molecular complexity index is 294. The Hall–Kier alpha value is -0.650. The van der Waals surface area contributed by atoms with Gasteiger partial charge in [0.15, 0.2) is 0 Å². The zero-order valence-electron chi connectivity index (χ0n) is 12.6. The first-order chi connectivity index (χ1) is 8.97. The molecule has 0 saturated heterocycles. The van der Waals surface area contributed by atoms with Gasteiger partial charge in [0.05, 0.1) is 6.61 Å². The highest BCUT2D eigenvalue weighted by Crippen LogP contribution is 2.40. The lowest BCUT2D eigenvalue weighted by Gasteiger charge is -2.37. The number of likely N-dealkylation sites (N-methyl/N-ethyl adjacent to an activating group) is 1. The highest BCUT2D eigenvalue weighted by molar-refractivity contribution is 5.80. The van der Waals surface area contributed by atoms with Crippen molar-refractivity contribution in [1.29, 1.82) is 0 Å². The molecule has 0 bridgehead atoms. The molecule has 112 valence electrons. The van der Waals surface area contributed by atoms with Crippen LogP contribution in [0, 0.1) is 5.92 Å². The summed E-state index contributed by atoms with van der Waals surface area (Å²) in [7, 11) is 3.64. The van der Waals surface area contributed by atoms with E-state index >= 15 is 0 Å². The van der Waals surface area contributed by atoms with Crippen molar-refractivity contribution < 1.29 is 14.6 Å². The smallest absolute Gasteiger partial charge is 0.325 e. The highest BCUT2D eigenvalue weighted by Gasteiger charge is 2.51. The lowest BCUT2D eigenvalue weighted by molar-refractivity contribution is -0.147. The zero-order valence-corrected chi connectivity index (χ0v) is 12.6. The molecule has 2 N–H and O–H groups in total. The van der Waals surface area contributed by atoms with E-state index in [0.29, 0.717) is 13.2 Å². The summed E-state index contributed by atoms with van der Waals surface area (Å²) in [5.41, 5.74) is -0.799. The maximum absolute atomic E-state index is 11.8. The molecule has 0 aromatic heterocycles. The Morgan fingerprint density at radius 1 is 1.58 bits per heavy atom. The van der Waals surface area contributed by atoms with Gasteiger partial charge in [0.2, 0.25) is 0 Å². The second-order valence-electron chi connectivity index (χ2n) is 5.70. The fourth-order valence-corrected chi connectivity index (χ4v) is 2.49. The summed E-state index contributed by atoms with van der Waals surface area (Å²) < 4.78 is 5.15. The highest BCUT2D eigenvalue weighted by atomic mass is 16.5. The van der Waals surface area contributed by atoms with E-state index in [-0.39, 0.29) is 12.0 Å². The van der Waals surface area contributed by atoms with Gasteiger partial charge in [0, 0.05) is 19.7 Å². The first-order valence-electron chi connectivity index (χ1n) is 7.15. The van der Waals surface area contributed by atoms with Crippen molar-refractivity contribution in [3.05, 3.63) is 0 Å². The van der Waals surface area contributed by atoms with Crippen molar-refractivity contribution in [2.24, 2.45) is 5.92 Å². The van der Waals surface area contributed by atoms with Crippen LogP contribution in [0.5, 0.6) is 0 Å². The van der Waals surface area contributed by atoms with Crippen molar-refractivity contribution in [3.8, 4) is 0 Å². The van der Waals surface area contributed by atoms with Gasteiger partial charge in [-0.15, -0.1) is 0 Å². The quantitative estimate of drug-likeness (QED) is 0.625. The van der Waals surface area contributed by atoms with Crippen LogP contribution in [0.15, 0.2) is 0 Å². The van der Waals surface area contributed by atoms with Crippen molar-refractivity contribution in [1.82, 2.24) is 10.2 Å². The fraction of sp³-hybridized carbons (Fsp3) is 0.929. The molecule has 1 aliphatic carbocycles. The van der Waals surface area contributed by atoms with Gasteiger partial charge in [0.1, 0.15) is 5.54 Å². The standard InChI is InChI=1S/C14H28N2O3/c1-5-8-15-14(13(17)18,12-6-7-12)10-16(3)11(2)9-19-4/h11-12,15H,5-10H2,1-4H3,(H,17,18). The maximum Gasteiger partial charge on any atom is 0.325 e. The van der Waals surface area contributed by atoms with Crippen LogP contribution in [-0.4, -0.2) is 61.4 Å².